The summed E-state index contributed by atoms with van der Waals surface area (Å²) in [5, 5.41) is 0. The fraction of sp³-hybridized carbons (Fsp3) is 0.286. The molecule has 0 heterocycles. The monoisotopic (exact) mass is 318 g/mol. The average Bonchev–Trinajstić information content (AvgIpc) is 2.33. The van der Waals surface area contributed by atoms with E-state index in [2.05, 4.69) is 22.9 Å². The van der Waals surface area contributed by atoms with Gasteiger partial charge in [0.05, 0.1) is 5.56 Å². The van der Waals surface area contributed by atoms with Crippen molar-refractivity contribution in [2.45, 2.75) is 25.9 Å². The molecular formula is C14H14BrF3. The van der Waals surface area contributed by atoms with Crippen molar-refractivity contribution in [2.24, 2.45) is 0 Å². The van der Waals surface area contributed by atoms with E-state index >= 15 is 0 Å². The first-order valence-corrected chi connectivity index (χ1v) is 6.44. The molecule has 0 atom stereocenters. The number of benzene rings is 1. The second-order valence-electron chi connectivity index (χ2n) is 3.81. The van der Waals surface area contributed by atoms with Gasteiger partial charge in [-0.05, 0) is 30.2 Å². The van der Waals surface area contributed by atoms with Gasteiger partial charge in [-0.15, -0.1) is 0 Å². The van der Waals surface area contributed by atoms with E-state index in [0.29, 0.717) is 10.0 Å². The summed E-state index contributed by atoms with van der Waals surface area (Å²) in [6.45, 7) is 2.07. The Bertz CT molecular complexity index is 445. The summed E-state index contributed by atoms with van der Waals surface area (Å²) in [5.74, 6) is 0. The van der Waals surface area contributed by atoms with Crippen LogP contribution in [-0.4, -0.2) is 0 Å². The maximum Gasteiger partial charge on any atom is 0.416 e. The van der Waals surface area contributed by atoms with Crippen molar-refractivity contribution in [1.82, 2.24) is 0 Å². The van der Waals surface area contributed by atoms with Gasteiger partial charge < -0.3 is 0 Å². The van der Waals surface area contributed by atoms with Crippen molar-refractivity contribution in [3.05, 3.63) is 53.6 Å². The van der Waals surface area contributed by atoms with Crippen LogP contribution in [0, 0.1) is 0 Å². The molecule has 0 nitrogen and oxygen atoms in total. The lowest BCUT2D eigenvalue weighted by atomic mass is 10.1. The van der Waals surface area contributed by atoms with E-state index in [9.17, 15) is 13.2 Å². The molecule has 1 rings (SSSR count). The van der Waals surface area contributed by atoms with E-state index in [1.165, 1.54) is 6.07 Å². The predicted molar refractivity (Wildman–Crippen MR) is 72.4 cm³/mol. The van der Waals surface area contributed by atoms with E-state index in [0.717, 1.165) is 25.0 Å². The predicted octanol–water partition coefficient (Wildman–Crippen LogP) is 5.80. The minimum Gasteiger partial charge on any atom is -0.166 e. The molecule has 0 aromatic heterocycles. The molecule has 0 aliphatic rings. The number of rotatable bonds is 4. The first kappa shape index (κ1) is 15.0. The molecule has 98 valence electrons. The highest BCUT2D eigenvalue weighted by Crippen LogP contribution is 2.32. The second-order valence-corrected chi connectivity index (χ2v) is 4.66. The highest BCUT2D eigenvalue weighted by molar-refractivity contribution is 9.15. The van der Waals surface area contributed by atoms with Crippen LogP contribution >= 0.6 is 15.9 Å². The Morgan fingerprint density at radius 3 is 2.67 bits per heavy atom. The maximum atomic E-state index is 12.5. The van der Waals surface area contributed by atoms with Crippen LogP contribution in [0.5, 0.6) is 0 Å². The minimum absolute atomic E-state index is 0.519. The quantitative estimate of drug-likeness (QED) is 0.616. The van der Waals surface area contributed by atoms with E-state index in [-0.39, 0.29) is 0 Å². The van der Waals surface area contributed by atoms with Crippen molar-refractivity contribution in [3.8, 4) is 0 Å². The number of alkyl halides is 3. The molecule has 0 amide bonds. The first-order chi connectivity index (χ1) is 8.45. The van der Waals surface area contributed by atoms with Crippen molar-refractivity contribution in [1.29, 1.82) is 0 Å². The van der Waals surface area contributed by atoms with Crippen LogP contribution in [0.2, 0.25) is 0 Å². The summed E-state index contributed by atoms with van der Waals surface area (Å²) >= 11 is 3.28. The van der Waals surface area contributed by atoms with Gasteiger partial charge in [0.2, 0.25) is 0 Å². The fourth-order valence-electron chi connectivity index (χ4n) is 1.36. The topological polar surface area (TPSA) is 0 Å². The molecule has 0 bridgehead atoms. The van der Waals surface area contributed by atoms with Gasteiger partial charge in [0.1, 0.15) is 0 Å². The number of allylic oxidation sites excluding steroid dienone is 3. The summed E-state index contributed by atoms with van der Waals surface area (Å²) < 4.78 is 38.2. The number of hydrogen-bond donors (Lipinski definition) is 0. The molecule has 0 aliphatic carbocycles. The van der Waals surface area contributed by atoms with E-state index in [1.54, 1.807) is 12.1 Å². The molecule has 0 saturated heterocycles. The minimum atomic E-state index is -4.30. The Morgan fingerprint density at radius 1 is 1.33 bits per heavy atom. The third kappa shape index (κ3) is 4.69. The SMILES string of the molecule is CCC/C=C/C=C(\Br)c1cccc(C(F)(F)F)c1. The lowest BCUT2D eigenvalue weighted by molar-refractivity contribution is -0.137. The van der Waals surface area contributed by atoms with Crippen LogP contribution in [0.25, 0.3) is 4.48 Å². The molecule has 0 saturated carbocycles. The molecule has 0 fully saturated rings. The van der Waals surface area contributed by atoms with Crippen LogP contribution in [0.3, 0.4) is 0 Å². The van der Waals surface area contributed by atoms with E-state index in [1.807, 2.05) is 12.2 Å². The zero-order valence-corrected chi connectivity index (χ0v) is 11.6. The van der Waals surface area contributed by atoms with Crippen LogP contribution in [0.15, 0.2) is 42.5 Å². The third-order valence-corrected chi connectivity index (χ3v) is 3.02. The van der Waals surface area contributed by atoms with Crippen LogP contribution in [-0.2, 0) is 6.18 Å². The van der Waals surface area contributed by atoms with Crippen molar-refractivity contribution < 1.29 is 13.2 Å². The third-order valence-electron chi connectivity index (χ3n) is 2.30. The highest BCUT2D eigenvalue weighted by atomic mass is 79.9. The van der Waals surface area contributed by atoms with Crippen molar-refractivity contribution in [3.63, 3.8) is 0 Å². The Labute approximate surface area is 113 Å². The van der Waals surface area contributed by atoms with E-state index in [4.69, 9.17) is 0 Å². The number of unbranched alkanes of at least 4 members (excludes halogenated alkanes) is 1. The van der Waals surface area contributed by atoms with Gasteiger partial charge in [0, 0.05) is 4.48 Å². The van der Waals surface area contributed by atoms with Crippen LogP contribution in [0.1, 0.15) is 30.9 Å². The van der Waals surface area contributed by atoms with Crippen molar-refractivity contribution in [2.75, 3.05) is 0 Å². The Morgan fingerprint density at radius 2 is 2.06 bits per heavy atom. The van der Waals surface area contributed by atoms with Gasteiger partial charge in [-0.1, -0.05) is 53.6 Å². The second kappa shape index (κ2) is 6.78. The van der Waals surface area contributed by atoms with Crippen LogP contribution in [0.4, 0.5) is 13.2 Å². The summed E-state index contributed by atoms with van der Waals surface area (Å²) in [5.41, 5.74) is -0.117. The molecule has 0 radical (unpaired) electrons. The molecule has 4 heteroatoms. The molecule has 1 aromatic rings. The van der Waals surface area contributed by atoms with Gasteiger partial charge >= 0.3 is 6.18 Å². The standard InChI is InChI=1S/C14H14BrF3/c1-2-3-4-5-9-13(15)11-7-6-8-12(10-11)14(16,17)18/h4-10H,2-3H2,1H3/b5-4+,13-9-. The maximum absolute atomic E-state index is 12.5. The molecular weight excluding hydrogens is 305 g/mol. The van der Waals surface area contributed by atoms with Gasteiger partial charge in [0.15, 0.2) is 0 Å². The fourth-order valence-corrected chi connectivity index (χ4v) is 1.75. The highest BCUT2D eigenvalue weighted by Gasteiger charge is 2.30. The zero-order chi connectivity index (χ0) is 13.6. The summed E-state index contributed by atoms with van der Waals surface area (Å²) in [6, 6.07) is 5.25. The van der Waals surface area contributed by atoms with Crippen molar-refractivity contribution >= 4 is 20.4 Å². The zero-order valence-electron chi connectivity index (χ0n) is 9.97. The molecule has 18 heavy (non-hydrogen) atoms. The smallest absolute Gasteiger partial charge is 0.166 e. The van der Waals surface area contributed by atoms with Gasteiger partial charge in [-0.2, -0.15) is 13.2 Å². The lowest BCUT2D eigenvalue weighted by Crippen LogP contribution is -2.04. The Balaban J connectivity index is 2.90. The normalized spacial score (nSPS) is 13.3. The van der Waals surface area contributed by atoms with E-state index < -0.39 is 11.7 Å². The average molecular weight is 319 g/mol. The summed E-state index contributed by atoms with van der Waals surface area (Å²) in [7, 11) is 0. The first-order valence-electron chi connectivity index (χ1n) is 5.65. The van der Waals surface area contributed by atoms with Gasteiger partial charge in [0.25, 0.3) is 0 Å². The molecule has 0 spiro atoms. The summed E-state index contributed by atoms with van der Waals surface area (Å²) in [6.07, 6.45) is 3.28. The number of halogens is 4. The Hall–Kier alpha value is -1.03. The molecule has 0 N–H and O–H groups in total. The lowest BCUT2D eigenvalue weighted by Gasteiger charge is -2.08. The van der Waals surface area contributed by atoms with Gasteiger partial charge in [-0.3, -0.25) is 0 Å². The Kier molecular flexibility index (Phi) is 5.66. The van der Waals surface area contributed by atoms with Crippen LogP contribution < -0.4 is 0 Å². The molecule has 1 aromatic carbocycles. The van der Waals surface area contributed by atoms with Gasteiger partial charge in [-0.25, -0.2) is 0 Å². The molecule has 0 unspecified atom stereocenters. The summed E-state index contributed by atoms with van der Waals surface area (Å²) in [4.78, 5) is 0. The molecule has 0 aliphatic heterocycles. The largest absolute Gasteiger partial charge is 0.416 e. The number of hydrogen-bond acceptors (Lipinski definition) is 0.